The summed E-state index contributed by atoms with van der Waals surface area (Å²) in [5.41, 5.74) is 5.13. The van der Waals surface area contributed by atoms with E-state index in [0.717, 1.165) is 0 Å². The molecular weight excluding hydrogens is 379 g/mol. The first-order valence-corrected chi connectivity index (χ1v) is 8.30. The minimum absolute atomic E-state index is 0.113. The summed E-state index contributed by atoms with van der Waals surface area (Å²) in [6, 6.07) is 11.7. The number of hydrogen-bond acceptors (Lipinski definition) is 3. The maximum atomic E-state index is 12.0. The zero-order valence-corrected chi connectivity index (χ0v) is 15.2. The fraction of sp³-hybridized carbons (Fsp3) is 0.118. The molecule has 0 spiro atoms. The molecule has 1 atom stereocenters. The smallest absolute Gasteiger partial charge is 0.319 e. The van der Waals surface area contributed by atoms with Gasteiger partial charge in [-0.2, -0.15) is 0 Å². The number of halogens is 2. The second-order valence-electron chi connectivity index (χ2n) is 5.25. The Morgan fingerprint density at radius 1 is 0.962 bits per heavy atom. The molecule has 0 aliphatic carbocycles. The molecule has 2 aromatic carbocycles. The van der Waals surface area contributed by atoms with Gasteiger partial charge in [0.25, 0.3) is 11.8 Å². The highest BCUT2D eigenvalue weighted by Gasteiger charge is 2.17. The minimum atomic E-state index is -0.895. The summed E-state index contributed by atoms with van der Waals surface area (Å²) in [5, 5.41) is 5.56. The van der Waals surface area contributed by atoms with Crippen LogP contribution >= 0.6 is 23.2 Å². The van der Waals surface area contributed by atoms with Crippen LogP contribution in [0.1, 0.15) is 17.3 Å². The Morgan fingerprint density at radius 2 is 1.65 bits per heavy atom. The van der Waals surface area contributed by atoms with Crippen LogP contribution in [0, 0.1) is 0 Å². The largest absolute Gasteiger partial charge is 0.326 e. The van der Waals surface area contributed by atoms with Gasteiger partial charge in [0, 0.05) is 10.7 Å². The molecule has 136 valence electrons. The number of hydrazine groups is 1. The summed E-state index contributed by atoms with van der Waals surface area (Å²) >= 11 is 11.7. The molecule has 2 rings (SSSR count). The number of rotatable bonds is 4. The Balaban J connectivity index is 1.84. The zero-order valence-electron chi connectivity index (χ0n) is 13.7. The summed E-state index contributed by atoms with van der Waals surface area (Å²) < 4.78 is 0. The van der Waals surface area contributed by atoms with Crippen molar-refractivity contribution >= 4 is 46.7 Å². The molecule has 0 aliphatic heterocycles. The summed E-state index contributed by atoms with van der Waals surface area (Å²) in [5.74, 6) is -1.24. The topological polar surface area (TPSA) is 99.3 Å². The first kappa shape index (κ1) is 19.6. The third-order valence-electron chi connectivity index (χ3n) is 3.24. The predicted octanol–water partition coefficient (Wildman–Crippen LogP) is 2.96. The maximum Gasteiger partial charge on any atom is 0.319 e. The Kier molecular flexibility index (Phi) is 6.82. The van der Waals surface area contributed by atoms with Gasteiger partial charge in [-0.1, -0.05) is 41.4 Å². The monoisotopic (exact) mass is 394 g/mol. The molecule has 0 aromatic heterocycles. The van der Waals surface area contributed by atoms with Gasteiger partial charge in [-0.25, -0.2) is 4.79 Å². The van der Waals surface area contributed by atoms with E-state index in [1.165, 1.54) is 25.1 Å². The number of nitrogens with one attached hydrogen (secondary N) is 4. The van der Waals surface area contributed by atoms with Crippen LogP contribution in [0.15, 0.2) is 48.5 Å². The minimum Gasteiger partial charge on any atom is -0.326 e. The van der Waals surface area contributed by atoms with Crippen molar-refractivity contribution in [3.8, 4) is 0 Å². The number of carbonyl (C=O) groups is 3. The van der Waals surface area contributed by atoms with Crippen molar-refractivity contribution in [3.63, 3.8) is 0 Å². The number of amides is 4. The van der Waals surface area contributed by atoms with Crippen LogP contribution in [-0.4, -0.2) is 23.9 Å². The van der Waals surface area contributed by atoms with Crippen LogP contribution in [0.3, 0.4) is 0 Å². The molecule has 0 heterocycles. The van der Waals surface area contributed by atoms with E-state index >= 15 is 0 Å². The average molecular weight is 395 g/mol. The van der Waals surface area contributed by atoms with Crippen LogP contribution in [0.4, 0.5) is 10.5 Å². The van der Waals surface area contributed by atoms with E-state index in [2.05, 4.69) is 21.5 Å². The molecule has 26 heavy (non-hydrogen) atoms. The van der Waals surface area contributed by atoms with Gasteiger partial charge in [0.05, 0.1) is 10.6 Å². The molecule has 4 amide bonds. The van der Waals surface area contributed by atoms with Gasteiger partial charge in [0.1, 0.15) is 6.04 Å². The van der Waals surface area contributed by atoms with Gasteiger partial charge in [0.2, 0.25) is 0 Å². The molecule has 0 saturated carbocycles. The van der Waals surface area contributed by atoms with Crippen LogP contribution in [0.2, 0.25) is 10.0 Å². The maximum absolute atomic E-state index is 12.0. The third kappa shape index (κ3) is 5.65. The molecule has 0 bridgehead atoms. The highest BCUT2D eigenvalue weighted by Crippen LogP contribution is 2.20. The SMILES string of the molecule is CC(NC(=O)Nc1ccccc1)C(=O)NNC(=O)c1cc(Cl)ccc1Cl. The molecule has 0 fully saturated rings. The molecule has 0 radical (unpaired) electrons. The molecule has 2 aromatic rings. The summed E-state index contributed by atoms with van der Waals surface area (Å²) in [6.07, 6.45) is 0. The number of benzene rings is 2. The quantitative estimate of drug-likeness (QED) is 0.599. The number of anilines is 1. The van der Waals surface area contributed by atoms with E-state index in [1.54, 1.807) is 24.3 Å². The Morgan fingerprint density at radius 3 is 2.35 bits per heavy atom. The third-order valence-corrected chi connectivity index (χ3v) is 3.81. The molecule has 0 saturated heterocycles. The second-order valence-corrected chi connectivity index (χ2v) is 6.10. The lowest BCUT2D eigenvalue weighted by Gasteiger charge is -2.15. The lowest BCUT2D eigenvalue weighted by Crippen LogP contribution is -2.51. The van der Waals surface area contributed by atoms with Crippen molar-refractivity contribution < 1.29 is 14.4 Å². The molecular formula is C17H16Cl2N4O3. The van der Waals surface area contributed by atoms with Crippen molar-refractivity contribution in [2.45, 2.75) is 13.0 Å². The number of carbonyl (C=O) groups excluding carboxylic acids is 3. The first-order chi connectivity index (χ1) is 12.4. The van der Waals surface area contributed by atoms with Crippen molar-refractivity contribution in [3.05, 3.63) is 64.1 Å². The highest BCUT2D eigenvalue weighted by molar-refractivity contribution is 6.35. The second kappa shape index (κ2) is 9.07. The molecule has 4 N–H and O–H groups in total. The normalized spacial score (nSPS) is 11.2. The van der Waals surface area contributed by atoms with E-state index in [-0.39, 0.29) is 10.6 Å². The van der Waals surface area contributed by atoms with E-state index in [9.17, 15) is 14.4 Å². The van der Waals surface area contributed by atoms with E-state index in [4.69, 9.17) is 23.2 Å². The highest BCUT2D eigenvalue weighted by atomic mass is 35.5. The Labute approximate surface area is 160 Å². The fourth-order valence-corrected chi connectivity index (χ4v) is 2.29. The molecule has 0 aliphatic rings. The van der Waals surface area contributed by atoms with Crippen molar-refractivity contribution in [2.24, 2.45) is 0 Å². The fourth-order valence-electron chi connectivity index (χ4n) is 1.92. The van der Waals surface area contributed by atoms with Gasteiger partial charge >= 0.3 is 6.03 Å². The van der Waals surface area contributed by atoms with Crippen molar-refractivity contribution in [1.82, 2.24) is 16.2 Å². The predicted molar refractivity (Wildman–Crippen MR) is 100 cm³/mol. The Bertz CT molecular complexity index is 815. The van der Waals surface area contributed by atoms with E-state index in [1.807, 2.05) is 6.07 Å². The number of urea groups is 1. The van der Waals surface area contributed by atoms with Gasteiger partial charge < -0.3 is 10.6 Å². The average Bonchev–Trinajstić information content (AvgIpc) is 2.62. The number of hydrogen-bond donors (Lipinski definition) is 4. The standard InChI is InChI=1S/C17H16Cl2N4O3/c1-10(20-17(26)21-12-5-3-2-4-6-12)15(24)22-23-16(25)13-9-11(18)7-8-14(13)19/h2-10H,1H3,(H,22,24)(H,23,25)(H2,20,21,26). The van der Waals surface area contributed by atoms with Crippen molar-refractivity contribution in [2.75, 3.05) is 5.32 Å². The summed E-state index contributed by atoms with van der Waals surface area (Å²) in [6.45, 7) is 1.47. The zero-order chi connectivity index (χ0) is 19.1. The van der Waals surface area contributed by atoms with Crippen LogP contribution < -0.4 is 21.5 Å². The summed E-state index contributed by atoms with van der Waals surface area (Å²) in [4.78, 5) is 35.9. The van der Waals surface area contributed by atoms with Gasteiger partial charge in [-0.05, 0) is 37.3 Å². The van der Waals surface area contributed by atoms with Crippen LogP contribution in [-0.2, 0) is 4.79 Å². The van der Waals surface area contributed by atoms with E-state index < -0.39 is 23.9 Å². The first-order valence-electron chi connectivity index (χ1n) is 7.54. The molecule has 7 nitrogen and oxygen atoms in total. The summed E-state index contributed by atoms with van der Waals surface area (Å²) in [7, 11) is 0. The van der Waals surface area contributed by atoms with Gasteiger partial charge in [-0.15, -0.1) is 0 Å². The van der Waals surface area contributed by atoms with Crippen molar-refractivity contribution in [1.29, 1.82) is 0 Å². The Hall–Kier alpha value is -2.77. The molecule has 9 heteroatoms. The molecule has 1 unspecified atom stereocenters. The van der Waals surface area contributed by atoms with Crippen LogP contribution in [0.5, 0.6) is 0 Å². The van der Waals surface area contributed by atoms with Crippen LogP contribution in [0.25, 0.3) is 0 Å². The van der Waals surface area contributed by atoms with Gasteiger partial charge in [-0.3, -0.25) is 20.4 Å². The van der Waals surface area contributed by atoms with Gasteiger partial charge in [0.15, 0.2) is 0 Å². The van der Waals surface area contributed by atoms with E-state index in [0.29, 0.717) is 10.7 Å². The lowest BCUT2D eigenvalue weighted by atomic mass is 10.2. The lowest BCUT2D eigenvalue weighted by molar-refractivity contribution is -0.123. The number of para-hydroxylation sites is 1.